The van der Waals surface area contributed by atoms with E-state index in [0.29, 0.717) is 6.04 Å². The molecule has 1 aromatic carbocycles. The van der Waals surface area contributed by atoms with Crippen LogP contribution in [0.3, 0.4) is 0 Å². The second-order valence-corrected chi connectivity index (χ2v) is 8.45. The highest BCUT2D eigenvalue weighted by atomic mass is 127. The zero-order valence-corrected chi connectivity index (χ0v) is 22.0. The smallest absolute Gasteiger partial charge is 0.195 e. The fourth-order valence-electron chi connectivity index (χ4n) is 3.53. The summed E-state index contributed by atoms with van der Waals surface area (Å²) in [5.41, 5.74) is 0.979. The van der Waals surface area contributed by atoms with Crippen LogP contribution in [0, 0.1) is 0 Å². The molecule has 8 heteroatoms. The van der Waals surface area contributed by atoms with Crippen molar-refractivity contribution in [1.29, 1.82) is 0 Å². The van der Waals surface area contributed by atoms with Crippen molar-refractivity contribution < 1.29 is 9.15 Å². The molecule has 1 saturated heterocycles. The molecule has 0 radical (unpaired) electrons. The van der Waals surface area contributed by atoms with E-state index in [1.54, 1.807) is 6.26 Å². The Labute approximate surface area is 209 Å². The Kier molecular flexibility index (Phi) is 11.3. The molecule has 3 rings (SSSR count). The molecule has 2 N–H and O–H groups in total. The van der Waals surface area contributed by atoms with Crippen LogP contribution in [0.1, 0.15) is 26.5 Å². The lowest BCUT2D eigenvalue weighted by atomic mass is 10.2. The molecular formula is C24H38IN5O2. The first-order valence-electron chi connectivity index (χ1n) is 11.3. The summed E-state index contributed by atoms with van der Waals surface area (Å²) in [7, 11) is 2.18. The van der Waals surface area contributed by atoms with Gasteiger partial charge in [-0.05, 0) is 64.2 Å². The van der Waals surface area contributed by atoms with Crippen LogP contribution >= 0.6 is 24.0 Å². The Bertz CT molecular complexity index is 787. The summed E-state index contributed by atoms with van der Waals surface area (Å²) in [6, 6.07) is 12.3. The number of guanidine groups is 1. The van der Waals surface area contributed by atoms with E-state index in [-0.39, 0.29) is 30.1 Å². The second-order valence-electron chi connectivity index (χ2n) is 8.45. The summed E-state index contributed by atoms with van der Waals surface area (Å²) in [4.78, 5) is 9.77. The van der Waals surface area contributed by atoms with E-state index in [0.717, 1.165) is 68.8 Å². The maximum atomic E-state index is 5.74. The summed E-state index contributed by atoms with van der Waals surface area (Å²) in [6.45, 7) is 12.2. The number of nitrogens with zero attached hydrogens (tertiary/aromatic N) is 3. The predicted octanol–water partition coefficient (Wildman–Crippen LogP) is 3.92. The van der Waals surface area contributed by atoms with Crippen LogP contribution in [0.5, 0.6) is 5.75 Å². The van der Waals surface area contributed by atoms with E-state index in [9.17, 15) is 0 Å². The number of ether oxygens (including phenoxy) is 1. The fraction of sp³-hybridized carbons (Fsp3) is 0.542. The van der Waals surface area contributed by atoms with Gasteiger partial charge < -0.3 is 24.7 Å². The molecule has 1 aliphatic rings. The third kappa shape index (κ3) is 8.99. The predicted molar refractivity (Wildman–Crippen MR) is 142 cm³/mol. The topological polar surface area (TPSA) is 65.3 Å². The molecule has 1 atom stereocenters. The first-order chi connectivity index (χ1) is 15.0. The Morgan fingerprint density at radius 1 is 1.09 bits per heavy atom. The molecule has 0 bridgehead atoms. The average Bonchev–Trinajstić information content (AvgIpc) is 3.26. The number of nitrogens with one attached hydrogen (secondary N) is 2. The number of likely N-dealkylation sites (N-methyl/N-ethyl adjacent to an activating group) is 1. The van der Waals surface area contributed by atoms with Gasteiger partial charge in [-0.1, -0.05) is 0 Å². The average molecular weight is 556 g/mol. The number of hydrogen-bond acceptors (Lipinski definition) is 5. The SMILES string of the molecule is CC(C)Oc1ccc(NC(=NCC(C)N2CCN(C)CC2)NCCc2ccco2)cc1.I. The quantitative estimate of drug-likeness (QED) is 0.278. The highest BCUT2D eigenvalue weighted by Gasteiger charge is 2.18. The van der Waals surface area contributed by atoms with E-state index >= 15 is 0 Å². The summed E-state index contributed by atoms with van der Waals surface area (Å²) < 4.78 is 11.2. The number of aliphatic imine (C=N–C) groups is 1. The van der Waals surface area contributed by atoms with Crippen molar-refractivity contribution in [3.8, 4) is 5.75 Å². The molecule has 0 aliphatic carbocycles. The van der Waals surface area contributed by atoms with Crippen molar-refractivity contribution >= 4 is 35.6 Å². The van der Waals surface area contributed by atoms with Gasteiger partial charge in [-0.15, -0.1) is 24.0 Å². The maximum Gasteiger partial charge on any atom is 0.195 e. The van der Waals surface area contributed by atoms with Crippen LogP contribution in [0.25, 0.3) is 0 Å². The lowest BCUT2D eigenvalue weighted by Gasteiger charge is -2.35. The third-order valence-corrected chi connectivity index (χ3v) is 5.41. The van der Waals surface area contributed by atoms with Crippen LogP contribution in [-0.2, 0) is 6.42 Å². The van der Waals surface area contributed by atoms with Crippen LogP contribution in [0.4, 0.5) is 5.69 Å². The minimum atomic E-state index is 0. The van der Waals surface area contributed by atoms with E-state index in [1.807, 2.05) is 50.2 Å². The number of benzene rings is 1. The number of halogens is 1. The number of furan rings is 1. The Balaban J connectivity index is 0.00000363. The van der Waals surface area contributed by atoms with Gasteiger partial charge in [0.15, 0.2) is 5.96 Å². The van der Waals surface area contributed by atoms with Gasteiger partial charge in [-0.2, -0.15) is 0 Å². The summed E-state index contributed by atoms with van der Waals surface area (Å²) in [6.07, 6.45) is 2.68. The third-order valence-electron chi connectivity index (χ3n) is 5.41. The van der Waals surface area contributed by atoms with Crippen LogP contribution < -0.4 is 15.4 Å². The molecule has 0 spiro atoms. The molecule has 1 fully saturated rings. The van der Waals surface area contributed by atoms with E-state index in [1.165, 1.54) is 0 Å². The molecule has 0 amide bonds. The molecule has 2 aromatic rings. The number of hydrogen-bond donors (Lipinski definition) is 2. The van der Waals surface area contributed by atoms with Crippen LogP contribution in [-0.4, -0.2) is 74.2 Å². The Hall–Kier alpha value is -1.78. The van der Waals surface area contributed by atoms with Crippen molar-refractivity contribution in [3.63, 3.8) is 0 Å². The molecule has 178 valence electrons. The van der Waals surface area contributed by atoms with Gasteiger partial charge >= 0.3 is 0 Å². The van der Waals surface area contributed by atoms with Gasteiger partial charge in [0.25, 0.3) is 0 Å². The van der Waals surface area contributed by atoms with Gasteiger partial charge in [-0.25, -0.2) is 0 Å². The summed E-state index contributed by atoms with van der Waals surface area (Å²) in [5, 5.41) is 6.87. The zero-order valence-electron chi connectivity index (χ0n) is 19.7. The van der Waals surface area contributed by atoms with Crippen LogP contribution in [0.15, 0.2) is 52.1 Å². The highest BCUT2D eigenvalue weighted by Crippen LogP contribution is 2.17. The van der Waals surface area contributed by atoms with Crippen molar-refractivity contribution in [1.82, 2.24) is 15.1 Å². The van der Waals surface area contributed by atoms with E-state index < -0.39 is 0 Å². The van der Waals surface area contributed by atoms with Crippen molar-refractivity contribution in [2.45, 2.75) is 39.3 Å². The van der Waals surface area contributed by atoms with Crippen molar-refractivity contribution in [3.05, 3.63) is 48.4 Å². The molecule has 32 heavy (non-hydrogen) atoms. The monoisotopic (exact) mass is 555 g/mol. The summed E-state index contributed by atoms with van der Waals surface area (Å²) in [5.74, 6) is 2.62. The fourth-order valence-corrected chi connectivity index (χ4v) is 3.53. The molecule has 0 saturated carbocycles. The first kappa shape index (κ1) is 26.5. The number of piperazine rings is 1. The Morgan fingerprint density at radius 3 is 2.44 bits per heavy atom. The molecule has 7 nitrogen and oxygen atoms in total. The number of anilines is 1. The lowest BCUT2D eigenvalue weighted by molar-refractivity contribution is 0.122. The minimum Gasteiger partial charge on any atom is -0.491 e. The van der Waals surface area contributed by atoms with Gasteiger partial charge in [0.05, 0.1) is 18.9 Å². The minimum absolute atomic E-state index is 0. The van der Waals surface area contributed by atoms with Gasteiger partial charge in [-0.3, -0.25) is 9.89 Å². The normalized spacial score (nSPS) is 16.5. The van der Waals surface area contributed by atoms with Gasteiger partial charge in [0, 0.05) is 50.9 Å². The number of rotatable bonds is 9. The highest BCUT2D eigenvalue weighted by molar-refractivity contribution is 14.0. The molecule has 1 unspecified atom stereocenters. The van der Waals surface area contributed by atoms with E-state index in [2.05, 4.69) is 34.4 Å². The van der Waals surface area contributed by atoms with E-state index in [4.69, 9.17) is 14.1 Å². The molecule has 1 aliphatic heterocycles. The first-order valence-corrected chi connectivity index (χ1v) is 11.3. The van der Waals surface area contributed by atoms with Crippen LogP contribution in [0.2, 0.25) is 0 Å². The van der Waals surface area contributed by atoms with Gasteiger partial charge in [0.2, 0.25) is 0 Å². The standard InChI is InChI=1S/C24H37N5O2.HI/c1-19(2)31-23-9-7-21(8-10-23)27-24(25-12-11-22-6-5-17-30-22)26-18-20(3)29-15-13-28(4)14-16-29;/h5-10,17,19-20H,11-16,18H2,1-4H3,(H2,25,26,27);1H. The largest absolute Gasteiger partial charge is 0.491 e. The van der Waals surface area contributed by atoms with Gasteiger partial charge in [0.1, 0.15) is 11.5 Å². The molecule has 1 aromatic heterocycles. The summed E-state index contributed by atoms with van der Waals surface area (Å²) >= 11 is 0. The lowest BCUT2D eigenvalue weighted by Crippen LogP contribution is -2.49. The Morgan fingerprint density at radius 2 is 1.81 bits per heavy atom. The van der Waals surface area contributed by atoms with Crippen molar-refractivity contribution in [2.75, 3.05) is 51.6 Å². The van der Waals surface area contributed by atoms with Crippen molar-refractivity contribution in [2.24, 2.45) is 4.99 Å². The second kappa shape index (κ2) is 13.7. The maximum absolute atomic E-state index is 5.74. The zero-order chi connectivity index (χ0) is 22.1. The molecule has 2 heterocycles. The molecular weight excluding hydrogens is 517 g/mol.